The van der Waals surface area contributed by atoms with Crippen molar-refractivity contribution in [1.29, 1.82) is 0 Å². The van der Waals surface area contributed by atoms with Crippen molar-refractivity contribution in [1.82, 2.24) is 9.62 Å². The van der Waals surface area contributed by atoms with Gasteiger partial charge in [0.05, 0.1) is 5.69 Å². The van der Waals surface area contributed by atoms with Crippen molar-refractivity contribution in [3.05, 3.63) is 29.8 Å². The van der Waals surface area contributed by atoms with Crippen LogP contribution in [0.2, 0.25) is 0 Å². The van der Waals surface area contributed by atoms with Gasteiger partial charge in [-0.2, -0.15) is 12.7 Å². The molecule has 0 spiro atoms. The summed E-state index contributed by atoms with van der Waals surface area (Å²) in [7, 11) is -1.87. The Morgan fingerprint density at radius 2 is 2.05 bits per heavy atom. The van der Waals surface area contributed by atoms with Gasteiger partial charge in [-0.25, -0.2) is 0 Å². The molecule has 0 atom stereocenters. The zero-order valence-electron chi connectivity index (χ0n) is 11.8. The molecule has 0 aromatic heterocycles. The molecule has 0 unspecified atom stereocenters. The van der Waals surface area contributed by atoms with Crippen LogP contribution in [0.15, 0.2) is 24.3 Å². The SMILES string of the molecule is CCNCCCN(C)S(=O)(=O)Nc1cccc(C)c1. The topological polar surface area (TPSA) is 61.4 Å². The third-order valence-corrected chi connectivity index (χ3v) is 4.25. The minimum atomic E-state index is -3.46. The first-order valence-corrected chi connectivity index (χ1v) is 7.91. The van der Waals surface area contributed by atoms with E-state index in [-0.39, 0.29) is 0 Å². The summed E-state index contributed by atoms with van der Waals surface area (Å²) in [4.78, 5) is 0. The molecule has 1 aromatic rings. The Morgan fingerprint density at radius 3 is 2.68 bits per heavy atom. The van der Waals surface area contributed by atoms with E-state index < -0.39 is 10.2 Å². The van der Waals surface area contributed by atoms with E-state index in [1.807, 2.05) is 32.0 Å². The summed E-state index contributed by atoms with van der Waals surface area (Å²) in [5, 5.41) is 3.17. The number of nitrogens with one attached hydrogen (secondary N) is 2. The lowest BCUT2D eigenvalue weighted by Crippen LogP contribution is -2.34. The maximum atomic E-state index is 12.1. The summed E-state index contributed by atoms with van der Waals surface area (Å²) in [5.41, 5.74) is 1.62. The Morgan fingerprint density at radius 1 is 1.32 bits per heavy atom. The fraction of sp³-hybridized carbons (Fsp3) is 0.538. The van der Waals surface area contributed by atoms with Crippen LogP contribution >= 0.6 is 0 Å². The minimum Gasteiger partial charge on any atom is -0.317 e. The normalized spacial score (nSPS) is 11.8. The third kappa shape index (κ3) is 5.59. The molecule has 1 aromatic carbocycles. The number of anilines is 1. The summed E-state index contributed by atoms with van der Waals surface area (Å²) in [6.07, 6.45) is 0.791. The van der Waals surface area contributed by atoms with Crippen molar-refractivity contribution < 1.29 is 8.42 Å². The molecule has 0 aliphatic rings. The Balaban J connectivity index is 2.55. The van der Waals surface area contributed by atoms with Crippen LogP contribution in [0.25, 0.3) is 0 Å². The van der Waals surface area contributed by atoms with E-state index in [1.54, 1.807) is 13.1 Å². The summed E-state index contributed by atoms with van der Waals surface area (Å²) < 4.78 is 28.1. The van der Waals surface area contributed by atoms with Crippen molar-refractivity contribution in [2.45, 2.75) is 20.3 Å². The van der Waals surface area contributed by atoms with Gasteiger partial charge in [-0.1, -0.05) is 19.1 Å². The van der Waals surface area contributed by atoms with Crippen LogP contribution in [-0.2, 0) is 10.2 Å². The van der Waals surface area contributed by atoms with Gasteiger partial charge in [0.25, 0.3) is 0 Å². The molecule has 108 valence electrons. The standard InChI is InChI=1S/C13H23N3O2S/c1-4-14-9-6-10-16(3)19(17,18)15-13-8-5-7-12(2)11-13/h5,7-8,11,14-15H,4,6,9-10H2,1-3H3. The molecule has 0 radical (unpaired) electrons. The van der Waals surface area contributed by atoms with Gasteiger partial charge in [0.1, 0.15) is 0 Å². The van der Waals surface area contributed by atoms with Gasteiger partial charge in [-0.15, -0.1) is 0 Å². The molecule has 0 fully saturated rings. The second-order valence-corrected chi connectivity index (χ2v) is 6.28. The predicted octanol–water partition coefficient (Wildman–Crippen LogP) is 1.58. The first-order valence-electron chi connectivity index (χ1n) is 6.47. The van der Waals surface area contributed by atoms with Crippen molar-refractivity contribution >= 4 is 15.9 Å². The van der Waals surface area contributed by atoms with E-state index in [9.17, 15) is 8.42 Å². The van der Waals surface area contributed by atoms with Gasteiger partial charge < -0.3 is 5.32 Å². The van der Waals surface area contributed by atoms with Crippen LogP contribution < -0.4 is 10.0 Å². The minimum absolute atomic E-state index is 0.494. The number of nitrogens with zero attached hydrogens (tertiary/aromatic N) is 1. The molecule has 6 heteroatoms. The van der Waals surface area contributed by atoms with E-state index in [4.69, 9.17) is 0 Å². The number of hydrogen-bond acceptors (Lipinski definition) is 3. The Bertz CT molecular complexity index is 488. The molecule has 0 aliphatic heterocycles. The average Bonchev–Trinajstić information content (AvgIpc) is 2.33. The lowest BCUT2D eigenvalue weighted by Gasteiger charge is -2.18. The molecular formula is C13H23N3O2S. The Hall–Kier alpha value is -1.11. The van der Waals surface area contributed by atoms with E-state index in [2.05, 4.69) is 10.0 Å². The molecule has 5 nitrogen and oxygen atoms in total. The molecule has 2 N–H and O–H groups in total. The highest BCUT2D eigenvalue weighted by molar-refractivity contribution is 7.90. The maximum Gasteiger partial charge on any atom is 0.301 e. The van der Waals surface area contributed by atoms with E-state index in [0.29, 0.717) is 12.2 Å². The van der Waals surface area contributed by atoms with E-state index >= 15 is 0 Å². The molecular weight excluding hydrogens is 262 g/mol. The zero-order chi connectivity index (χ0) is 14.3. The molecule has 0 aliphatic carbocycles. The van der Waals surface area contributed by atoms with Gasteiger partial charge in [0.15, 0.2) is 0 Å². The number of aryl methyl sites for hydroxylation is 1. The van der Waals surface area contributed by atoms with Gasteiger partial charge in [0, 0.05) is 13.6 Å². The van der Waals surface area contributed by atoms with Gasteiger partial charge >= 0.3 is 10.2 Å². The summed E-state index contributed by atoms with van der Waals surface area (Å²) in [6, 6.07) is 7.32. The number of rotatable bonds is 8. The van der Waals surface area contributed by atoms with Crippen LogP contribution in [0, 0.1) is 6.92 Å². The zero-order valence-corrected chi connectivity index (χ0v) is 12.6. The predicted molar refractivity (Wildman–Crippen MR) is 79.5 cm³/mol. The molecule has 0 amide bonds. The smallest absolute Gasteiger partial charge is 0.301 e. The maximum absolute atomic E-state index is 12.1. The highest BCUT2D eigenvalue weighted by atomic mass is 32.2. The highest BCUT2D eigenvalue weighted by Gasteiger charge is 2.16. The van der Waals surface area contributed by atoms with Gasteiger partial charge in [0.2, 0.25) is 0 Å². The third-order valence-electron chi connectivity index (χ3n) is 2.75. The van der Waals surface area contributed by atoms with Crippen molar-refractivity contribution in [2.24, 2.45) is 0 Å². The highest BCUT2D eigenvalue weighted by Crippen LogP contribution is 2.12. The summed E-state index contributed by atoms with van der Waals surface area (Å²) in [6.45, 7) is 6.17. The summed E-state index contributed by atoms with van der Waals surface area (Å²) >= 11 is 0. The molecule has 0 bridgehead atoms. The van der Waals surface area contributed by atoms with Crippen LogP contribution in [-0.4, -0.2) is 39.4 Å². The molecule has 1 rings (SSSR count). The lowest BCUT2D eigenvalue weighted by atomic mass is 10.2. The molecule has 0 saturated heterocycles. The molecule has 19 heavy (non-hydrogen) atoms. The summed E-state index contributed by atoms with van der Waals surface area (Å²) in [5.74, 6) is 0. The van der Waals surface area contributed by atoms with Crippen LogP contribution in [0.3, 0.4) is 0 Å². The fourth-order valence-corrected chi connectivity index (χ4v) is 2.61. The number of benzene rings is 1. The van der Waals surface area contributed by atoms with Gasteiger partial charge in [-0.3, -0.25) is 4.72 Å². The van der Waals surface area contributed by atoms with Crippen LogP contribution in [0.4, 0.5) is 5.69 Å². The van der Waals surface area contributed by atoms with Crippen molar-refractivity contribution in [3.8, 4) is 0 Å². The van der Waals surface area contributed by atoms with Gasteiger partial charge in [-0.05, 0) is 44.1 Å². The average molecular weight is 285 g/mol. The van der Waals surface area contributed by atoms with Crippen molar-refractivity contribution in [3.63, 3.8) is 0 Å². The van der Waals surface area contributed by atoms with Crippen LogP contribution in [0.1, 0.15) is 18.9 Å². The lowest BCUT2D eigenvalue weighted by molar-refractivity contribution is 0.459. The second-order valence-electron chi connectivity index (χ2n) is 4.51. The largest absolute Gasteiger partial charge is 0.317 e. The number of hydrogen-bond donors (Lipinski definition) is 2. The van der Waals surface area contributed by atoms with E-state index in [1.165, 1.54) is 4.31 Å². The second kappa shape index (κ2) is 7.47. The fourth-order valence-electron chi connectivity index (χ4n) is 1.66. The quantitative estimate of drug-likeness (QED) is 0.713. The first kappa shape index (κ1) is 15.9. The first-order chi connectivity index (χ1) is 8.95. The Kier molecular flexibility index (Phi) is 6.27. The monoisotopic (exact) mass is 285 g/mol. The molecule has 0 saturated carbocycles. The van der Waals surface area contributed by atoms with E-state index in [0.717, 1.165) is 25.1 Å². The Labute approximate surface area is 116 Å². The van der Waals surface area contributed by atoms with Crippen molar-refractivity contribution in [2.75, 3.05) is 31.4 Å². The van der Waals surface area contributed by atoms with Crippen LogP contribution in [0.5, 0.6) is 0 Å². The molecule has 0 heterocycles.